The predicted octanol–water partition coefficient (Wildman–Crippen LogP) is 11.2. The van der Waals surface area contributed by atoms with Gasteiger partial charge in [-0.1, -0.05) is 160 Å². The first-order chi connectivity index (χ1) is 25.8. The summed E-state index contributed by atoms with van der Waals surface area (Å²) in [6, 6.07) is 66.1. The van der Waals surface area contributed by atoms with Crippen LogP contribution in [0.15, 0.2) is 176 Å². The first-order valence-corrected chi connectivity index (χ1v) is 24.8. The largest absolute Gasteiger partial charge is 0.310 e. The highest BCUT2D eigenvalue weighted by Gasteiger charge is 2.39. The van der Waals surface area contributed by atoms with Gasteiger partial charge >= 0.3 is 0 Å². The number of benzene rings is 8. The molecule has 0 fully saturated rings. The zero-order valence-corrected chi connectivity index (χ0v) is 32.7. The summed E-state index contributed by atoms with van der Waals surface area (Å²) in [5, 5.41) is 8.67. The zero-order chi connectivity index (χ0) is 35.9. The summed E-state index contributed by atoms with van der Waals surface area (Å²) >= 11 is 0. The standard InChI is InChI=1S/C50H41NSi2/c1-52(2)47-17-11-10-16-43(47)46-32-41(26-29-48(46)52)51(40-23-20-36(21-24-40)34-12-6-5-7-13-34)42-25-28-45-44-27-22-39(31-49(44)53(3,4)50(45)33-42)38-19-18-35-14-8-9-15-37(35)30-38/h5-33H,1-4H3. The Bertz CT molecular complexity index is 2730. The van der Waals surface area contributed by atoms with Gasteiger partial charge in [0.25, 0.3) is 0 Å². The number of fused-ring (bicyclic) bond motifs is 7. The quantitative estimate of drug-likeness (QED) is 0.161. The van der Waals surface area contributed by atoms with Crippen molar-refractivity contribution in [1.29, 1.82) is 0 Å². The number of anilines is 3. The fourth-order valence-electron chi connectivity index (χ4n) is 9.14. The SMILES string of the molecule is C[Si]1(C)c2ccccc2-c2cc(N(c3ccc(-c4ccccc4)cc3)c3ccc4c(c3)[Si](C)(C)c3cc(-c5ccc6ccccc6c5)ccc3-4)ccc21. The van der Waals surface area contributed by atoms with Crippen LogP contribution in [0.2, 0.25) is 26.2 Å². The second kappa shape index (κ2) is 11.9. The molecule has 0 bridgehead atoms. The summed E-state index contributed by atoms with van der Waals surface area (Å²) in [7, 11) is -3.80. The molecule has 0 unspecified atom stereocenters. The Kier molecular flexibility index (Phi) is 7.17. The average Bonchev–Trinajstić information content (AvgIpc) is 3.57. The van der Waals surface area contributed by atoms with Gasteiger partial charge in [-0.15, -0.1) is 0 Å². The lowest BCUT2D eigenvalue weighted by atomic mass is 9.98. The number of rotatable bonds is 5. The van der Waals surface area contributed by atoms with E-state index in [0.717, 1.165) is 0 Å². The summed E-state index contributed by atoms with van der Waals surface area (Å²) in [6.45, 7) is 10.1. The van der Waals surface area contributed by atoms with Crippen LogP contribution < -0.4 is 25.6 Å². The van der Waals surface area contributed by atoms with Crippen LogP contribution in [0.4, 0.5) is 17.1 Å². The maximum atomic E-state index is 2.53. The van der Waals surface area contributed by atoms with Crippen molar-refractivity contribution in [1.82, 2.24) is 0 Å². The molecule has 0 aromatic heterocycles. The van der Waals surface area contributed by atoms with E-state index >= 15 is 0 Å². The fourth-order valence-corrected chi connectivity index (χ4v) is 15.3. The van der Waals surface area contributed by atoms with Gasteiger partial charge in [0.05, 0.1) is 0 Å². The topological polar surface area (TPSA) is 3.24 Å². The molecule has 3 heteroatoms. The molecule has 0 radical (unpaired) electrons. The van der Waals surface area contributed by atoms with Crippen LogP contribution >= 0.6 is 0 Å². The summed E-state index contributed by atoms with van der Waals surface area (Å²) < 4.78 is 0. The van der Waals surface area contributed by atoms with E-state index in [2.05, 4.69) is 207 Å². The van der Waals surface area contributed by atoms with E-state index in [1.165, 1.54) is 93.1 Å². The monoisotopic (exact) mass is 711 g/mol. The molecule has 0 spiro atoms. The molecule has 254 valence electrons. The minimum atomic E-state index is -2.04. The van der Waals surface area contributed by atoms with Crippen LogP contribution in [0.5, 0.6) is 0 Å². The van der Waals surface area contributed by atoms with Gasteiger partial charge < -0.3 is 4.90 Å². The van der Waals surface area contributed by atoms with Gasteiger partial charge in [-0.3, -0.25) is 0 Å². The van der Waals surface area contributed by atoms with Crippen molar-refractivity contribution in [3.05, 3.63) is 176 Å². The second-order valence-corrected chi connectivity index (χ2v) is 24.5. The lowest BCUT2D eigenvalue weighted by Crippen LogP contribution is -2.49. The molecular weight excluding hydrogens is 671 g/mol. The maximum absolute atomic E-state index is 2.53. The van der Waals surface area contributed by atoms with E-state index in [1.54, 1.807) is 0 Å². The van der Waals surface area contributed by atoms with Crippen LogP contribution in [0.1, 0.15) is 0 Å². The Balaban J connectivity index is 1.09. The fraction of sp³-hybridized carbons (Fsp3) is 0.0800. The molecule has 2 aliphatic heterocycles. The highest BCUT2D eigenvalue weighted by atomic mass is 28.3. The second-order valence-electron chi connectivity index (χ2n) is 15.8. The van der Waals surface area contributed by atoms with E-state index in [1.807, 2.05) is 0 Å². The lowest BCUT2D eigenvalue weighted by molar-refractivity contribution is 1.29. The molecule has 0 amide bonds. The highest BCUT2D eigenvalue weighted by molar-refractivity contribution is 7.04. The summed E-state index contributed by atoms with van der Waals surface area (Å²) in [5.74, 6) is 0. The van der Waals surface area contributed by atoms with Crippen molar-refractivity contribution >= 4 is 64.7 Å². The first-order valence-electron chi connectivity index (χ1n) is 18.8. The summed E-state index contributed by atoms with van der Waals surface area (Å²) in [4.78, 5) is 2.48. The Labute approximate surface area is 314 Å². The smallest absolute Gasteiger partial charge is 0.113 e. The van der Waals surface area contributed by atoms with Crippen molar-refractivity contribution < 1.29 is 0 Å². The molecule has 0 N–H and O–H groups in total. The summed E-state index contributed by atoms with van der Waals surface area (Å²) in [6.07, 6.45) is 0. The molecule has 53 heavy (non-hydrogen) atoms. The molecule has 8 aromatic rings. The third-order valence-corrected chi connectivity index (χ3v) is 19.1. The van der Waals surface area contributed by atoms with E-state index in [0.29, 0.717) is 0 Å². The van der Waals surface area contributed by atoms with Gasteiger partial charge in [0.15, 0.2) is 0 Å². The van der Waals surface area contributed by atoms with Crippen LogP contribution in [0.3, 0.4) is 0 Å². The molecule has 0 aliphatic carbocycles. The molecule has 0 atom stereocenters. The minimum Gasteiger partial charge on any atom is -0.310 e. The van der Waals surface area contributed by atoms with Crippen molar-refractivity contribution in [2.75, 3.05) is 4.90 Å². The Hall–Kier alpha value is -5.75. The van der Waals surface area contributed by atoms with Crippen LogP contribution in [0.25, 0.3) is 55.3 Å². The number of hydrogen-bond donors (Lipinski definition) is 0. The lowest BCUT2D eigenvalue weighted by Gasteiger charge is -2.28. The third-order valence-electron chi connectivity index (χ3n) is 12.1. The Morgan fingerprint density at radius 1 is 0.302 bits per heavy atom. The van der Waals surface area contributed by atoms with Gasteiger partial charge in [-0.25, -0.2) is 0 Å². The molecule has 2 aliphatic rings. The van der Waals surface area contributed by atoms with Gasteiger partial charge in [0.1, 0.15) is 16.1 Å². The van der Waals surface area contributed by atoms with E-state index in [9.17, 15) is 0 Å². The molecule has 10 rings (SSSR count). The molecule has 8 aromatic carbocycles. The van der Waals surface area contributed by atoms with Gasteiger partial charge in [-0.05, 0) is 118 Å². The van der Waals surface area contributed by atoms with Crippen molar-refractivity contribution in [2.24, 2.45) is 0 Å². The molecule has 0 saturated carbocycles. The van der Waals surface area contributed by atoms with Crippen LogP contribution in [-0.2, 0) is 0 Å². The highest BCUT2D eigenvalue weighted by Crippen LogP contribution is 2.41. The Morgan fingerprint density at radius 2 is 0.811 bits per heavy atom. The molecule has 0 saturated heterocycles. The van der Waals surface area contributed by atoms with Crippen molar-refractivity contribution in [3.8, 4) is 44.5 Å². The Morgan fingerprint density at radius 3 is 1.62 bits per heavy atom. The van der Waals surface area contributed by atoms with Crippen molar-refractivity contribution in [2.45, 2.75) is 26.2 Å². The minimum absolute atomic E-state index is 1.17. The first kappa shape index (κ1) is 31.9. The zero-order valence-electron chi connectivity index (χ0n) is 30.7. The van der Waals surface area contributed by atoms with Gasteiger partial charge in [0.2, 0.25) is 0 Å². The van der Waals surface area contributed by atoms with E-state index < -0.39 is 16.1 Å². The van der Waals surface area contributed by atoms with Crippen molar-refractivity contribution in [3.63, 3.8) is 0 Å². The number of nitrogens with zero attached hydrogens (tertiary/aromatic N) is 1. The van der Waals surface area contributed by atoms with E-state index in [-0.39, 0.29) is 0 Å². The average molecular weight is 712 g/mol. The maximum Gasteiger partial charge on any atom is 0.113 e. The molecule has 2 heterocycles. The molecular formula is C50H41NSi2. The van der Waals surface area contributed by atoms with Crippen LogP contribution in [-0.4, -0.2) is 16.1 Å². The predicted molar refractivity (Wildman–Crippen MR) is 234 cm³/mol. The number of hydrogen-bond acceptors (Lipinski definition) is 1. The normalized spacial score (nSPS) is 14.3. The van der Waals surface area contributed by atoms with Gasteiger partial charge in [0, 0.05) is 17.1 Å². The third kappa shape index (κ3) is 5.03. The van der Waals surface area contributed by atoms with E-state index in [4.69, 9.17) is 0 Å². The molecule has 1 nitrogen and oxygen atoms in total. The summed E-state index contributed by atoms with van der Waals surface area (Å²) in [5.41, 5.74) is 14.2. The van der Waals surface area contributed by atoms with Crippen LogP contribution in [0, 0.1) is 0 Å². The van der Waals surface area contributed by atoms with Gasteiger partial charge in [-0.2, -0.15) is 0 Å².